The first-order chi connectivity index (χ1) is 11.4. The van der Waals surface area contributed by atoms with Gasteiger partial charge in [-0.3, -0.25) is 19.8 Å². The third-order valence-corrected chi connectivity index (χ3v) is 4.13. The summed E-state index contributed by atoms with van der Waals surface area (Å²) in [5, 5.41) is 2.70. The topological polar surface area (TPSA) is 54.3 Å². The number of anilines is 1. The molecular formula is C18H17N3O2S. The monoisotopic (exact) mass is 339 g/mol. The maximum atomic E-state index is 12.9. The molecule has 2 aromatic rings. The molecule has 1 N–H and O–H groups in total. The van der Waals surface area contributed by atoms with Crippen LogP contribution in [0.4, 0.5) is 5.69 Å². The maximum absolute atomic E-state index is 12.9. The quantitative estimate of drug-likeness (QED) is 0.519. The van der Waals surface area contributed by atoms with Crippen molar-refractivity contribution in [3.63, 3.8) is 0 Å². The molecule has 0 aliphatic carbocycles. The average molecular weight is 339 g/mol. The van der Waals surface area contributed by atoms with Crippen LogP contribution in [0.5, 0.6) is 0 Å². The van der Waals surface area contributed by atoms with Crippen LogP contribution in [0.25, 0.3) is 6.08 Å². The van der Waals surface area contributed by atoms with E-state index in [9.17, 15) is 9.59 Å². The van der Waals surface area contributed by atoms with E-state index < -0.39 is 11.8 Å². The van der Waals surface area contributed by atoms with Crippen molar-refractivity contribution in [1.29, 1.82) is 0 Å². The summed E-state index contributed by atoms with van der Waals surface area (Å²) in [7, 11) is 1.85. The Morgan fingerprint density at radius 1 is 1.12 bits per heavy atom. The number of nitrogens with one attached hydrogen (secondary N) is 1. The van der Waals surface area contributed by atoms with Crippen molar-refractivity contribution >= 4 is 40.9 Å². The zero-order valence-electron chi connectivity index (χ0n) is 13.7. The molecule has 0 atom stereocenters. The van der Waals surface area contributed by atoms with E-state index in [2.05, 4.69) is 5.32 Å². The highest BCUT2D eigenvalue weighted by molar-refractivity contribution is 7.80. The van der Waals surface area contributed by atoms with Gasteiger partial charge in [-0.05, 0) is 67.5 Å². The predicted molar refractivity (Wildman–Crippen MR) is 97.5 cm³/mol. The fraction of sp³-hybridized carbons (Fsp3) is 0.167. The maximum Gasteiger partial charge on any atom is 0.270 e. The number of thiocarbonyl (C=S) groups is 1. The molecule has 5 nitrogen and oxygen atoms in total. The molecule has 6 heteroatoms. The first kappa shape index (κ1) is 16.1. The number of hydrogen-bond donors (Lipinski definition) is 1. The summed E-state index contributed by atoms with van der Waals surface area (Å²) < 4.78 is 1.83. The van der Waals surface area contributed by atoms with Gasteiger partial charge >= 0.3 is 0 Å². The number of carbonyl (C=O) groups is 2. The Hall–Kier alpha value is -2.73. The smallest absolute Gasteiger partial charge is 0.270 e. The summed E-state index contributed by atoms with van der Waals surface area (Å²) in [5.41, 5.74) is 3.52. The van der Waals surface area contributed by atoms with Crippen LogP contribution in [-0.4, -0.2) is 21.5 Å². The third-order valence-electron chi connectivity index (χ3n) is 3.84. The van der Waals surface area contributed by atoms with E-state index in [1.54, 1.807) is 6.08 Å². The summed E-state index contributed by atoms with van der Waals surface area (Å²) in [6.45, 7) is 3.90. The molecule has 1 aliphatic rings. The van der Waals surface area contributed by atoms with Gasteiger partial charge in [0.2, 0.25) is 0 Å². The predicted octanol–water partition coefficient (Wildman–Crippen LogP) is 2.47. The Balaban J connectivity index is 2.06. The normalized spacial score (nSPS) is 16.7. The highest BCUT2D eigenvalue weighted by atomic mass is 32.1. The second kappa shape index (κ2) is 6.05. The van der Waals surface area contributed by atoms with Crippen LogP contribution in [0, 0.1) is 13.8 Å². The number of amides is 2. The highest BCUT2D eigenvalue weighted by Crippen LogP contribution is 2.24. The van der Waals surface area contributed by atoms with Crippen LogP contribution in [0.15, 0.2) is 42.1 Å². The van der Waals surface area contributed by atoms with E-state index in [1.807, 2.05) is 62.0 Å². The van der Waals surface area contributed by atoms with Crippen LogP contribution < -0.4 is 10.2 Å². The van der Waals surface area contributed by atoms with E-state index in [-0.39, 0.29) is 10.7 Å². The van der Waals surface area contributed by atoms with Crippen molar-refractivity contribution < 1.29 is 9.59 Å². The van der Waals surface area contributed by atoms with Crippen molar-refractivity contribution in [1.82, 2.24) is 9.88 Å². The first-order valence-electron chi connectivity index (χ1n) is 7.48. The van der Waals surface area contributed by atoms with Gasteiger partial charge in [-0.25, -0.2) is 0 Å². The Bertz CT molecular complexity index is 875. The lowest BCUT2D eigenvalue weighted by molar-refractivity contribution is -0.122. The zero-order chi connectivity index (χ0) is 17.4. The second-order valence-corrected chi connectivity index (χ2v) is 6.23. The third kappa shape index (κ3) is 2.88. The summed E-state index contributed by atoms with van der Waals surface area (Å²) in [4.78, 5) is 26.5. The van der Waals surface area contributed by atoms with E-state index >= 15 is 0 Å². The van der Waals surface area contributed by atoms with E-state index in [4.69, 9.17) is 12.2 Å². The van der Waals surface area contributed by atoms with Gasteiger partial charge in [-0.15, -0.1) is 0 Å². The van der Waals surface area contributed by atoms with Gasteiger partial charge in [0.15, 0.2) is 5.11 Å². The standard InChI is InChI=1S/C18H17N3O2S/c1-11-7-12(2)9-14(8-11)21-17(23)15(16(22)19-18(21)24)10-13-5-4-6-20(13)3/h4-10H,1-3H3,(H,19,22,24)/b15-10+. The molecule has 1 saturated heterocycles. The molecule has 1 aromatic heterocycles. The lowest BCUT2D eigenvalue weighted by Gasteiger charge is -2.29. The molecule has 24 heavy (non-hydrogen) atoms. The van der Waals surface area contributed by atoms with E-state index in [0.717, 1.165) is 16.8 Å². The number of nitrogens with zero attached hydrogens (tertiary/aromatic N) is 2. The van der Waals surface area contributed by atoms with E-state index in [1.165, 1.54) is 4.90 Å². The molecular weight excluding hydrogens is 322 g/mol. The molecule has 1 aromatic carbocycles. The minimum absolute atomic E-state index is 0.0598. The van der Waals surface area contributed by atoms with Crippen molar-refractivity contribution in [2.75, 3.05) is 4.90 Å². The summed E-state index contributed by atoms with van der Waals surface area (Å²) >= 11 is 5.22. The van der Waals surface area contributed by atoms with Crippen molar-refractivity contribution in [2.45, 2.75) is 13.8 Å². The fourth-order valence-electron chi connectivity index (χ4n) is 2.74. The van der Waals surface area contributed by atoms with Gasteiger partial charge in [-0.2, -0.15) is 0 Å². The van der Waals surface area contributed by atoms with Gasteiger partial charge in [-0.1, -0.05) is 6.07 Å². The summed E-state index contributed by atoms with van der Waals surface area (Å²) in [6.07, 6.45) is 3.43. The Labute approximate surface area is 145 Å². The van der Waals surface area contributed by atoms with Crippen molar-refractivity contribution in [2.24, 2.45) is 7.05 Å². The minimum atomic E-state index is -0.480. The van der Waals surface area contributed by atoms with Gasteiger partial charge in [0, 0.05) is 18.9 Å². The number of carbonyl (C=O) groups excluding carboxylic acids is 2. The molecule has 2 amide bonds. The van der Waals surface area contributed by atoms with Crippen molar-refractivity contribution in [3.05, 3.63) is 58.9 Å². The molecule has 3 rings (SSSR count). The number of aryl methyl sites for hydroxylation is 3. The first-order valence-corrected chi connectivity index (χ1v) is 7.89. The fourth-order valence-corrected chi connectivity index (χ4v) is 3.02. The van der Waals surface area contributed by atoms with E-state index in [0.29, 0.717) is 5.69 Å². The summed E-state index contributed by atoms with van der Waals surface area (Å²) in [5.74, 6) is -0.901. The Kier molecular flexibility index (Phi) is 4.07. The van der Waals surface area contributed by atoms with Crippen LogP contribution in [0.2, 0.25) is 0 Å². The highest BCUT2D eigenvalue weighted by Gasteiger charge is 2.34. The molecule has 1 aliphatic heterocycles. The number of rotatable bonds is 2. The molecule has 0 spiro atoms. The lowest BCUT2D eigenvalue weighted by Crippen LogP contribution is -2.54. The van der Waals surface area contributed by atoms with Gasteiger partial charge < -0.3 is 4.57 Å². The van der Waals surface area contributed by atoms with Crippen LogP contribution in [-0.2, 0) is 16.6 Å². The van der Waals surface area contributed by atoms with Gasteiger partial charge in [0.25, 0.3) is 11.8 Å². The molecule has 2 heterocycles. The molecule has 0 unspecified atom stereocenters. The van der Waals surface area contributed by atoms with Crippen LogP contribution in [0.3, 0.4) is 0 Å². The van der Waals surface area contributed by atoms with Crippen LogP contribution >= 0.6 is 12.2 Å². The second-order valence-electron chi connectivity index (χ2n) is 5.85. The zero-order valence-corrected chi connectivity index (χ0v) is 14.5. The van der Waals surface area contributed by atoms with Crippen LogP contribution in [0.1, 0.15) is 16.8 Å². The van der Waals surface area contributed by atoms with Gasteiger partial charge in [0.1, 0.15) is 5.57 Å². The molecule has 122 valence electrons. The Morgan fingerprint density at radius 3 is 2.38 bits per heavy atom. The summed E-state index contributed by atoms with van der Waals surface area (Å²) in [6, 6.07) is 9.44. The lowest BCUT2D eigenvalue weighted by atomic mass is 10.1. The SMILES string of the molecule is Cc1cc(C)cc(N2C(=O)/C(=C/c3cccn3C)C(=O)NC2=S)c1. The minimum Gasteiger partial charge on any atom is -0.351 e. The Morgan fingerprint density at radius 2 is 1.79 bits per heavy atom. The average Bonchev–Trinajstić information content (AvgIpc) is 2.87. The molecule has 0 saturated carbocycles. The van der Waals surface area contributed by atoms with Gasteiger partial charge in [0.05, 0.1) is 5.69 Å². The molecule has 0 bridgehead atoms. The van der Waals surface area contributed by atoms with Crippen molar-refractivity contribution in [3.8, 4) is 0 Å². The molecule has 1 fully saturated rings. The molecule has 0 radical (unpaired) electrons. The number of aromatic nitrogens is 1. The number of hydrogen-bond acceptors (Lipinski definition) is 3. The number of benzene rings is 1. The largest absolute Gasteiger partial charge is 0.351 e.